The maximum atomic E-state index is 11.4. The van der Waals surface area contributed by atoms with Crippen LogP contribution in [0.3, 0.4) is 0 Å². The zero-order chi connectivity index (χ0) is 13.8. The van der Waals surface area contributed by atoms with Gasteiger partial charge in [0.25, 0.3) is 0 Å². The second-order valence-corrected chi connectivity index (χ2v) is 5.49. The van der Waals surface area contributed by atoms with E-state index in [4.69, 9.17) is 17.3 Å². The number of hydrogen-bond donors (Lipinski definition) is 2. The maximum Gasteiger partial charge on any atom is 0.321 e. The summed E-state index contributed by atoms with van der Waals surface area (Å²) in [5.74, 6) is -0.908. The van der Waals surface area contributed by atoms with Crippen molar-refractivity contribution in [2.45, 2.75) is 10.1 Å². The molecule has 0 aliphatic carbocycles. The molecule has 19 heavy (non-hydrogen) atoms. The maximum absolute atomic E-state index is 11.4. The Morgan fingerprint density at radius 2 is 1.89 bits per heavy atom. The Bertz CT molecular complexity index is 589. The fourth-order valence-corrected chi connectivity index (χ4v) is 2.91. The molecule has 0 aliphatic heterocycles. The van der Waals surface area contributed by atoms with Gasteiger partial charge in [-0.05, 0) is 23.8 Å². The monoisotopic (exact) mass is 293 g/mol. The molecule has 0 fully saturated rings. The lowest BCUT2D eigenvalue weighted by molar-refractivity contribution is -0.136. The molecule has 98 valence electrons. The fourth-order valence-electron chi connectivity index (χ4n) is 1.63. The van der Waals surface area contributed by atoms with Crippen molar-refractivity contribution in [2.75, 3.05) is 5.73 Å². The lowest BCUT2D eigenvalue weighted by Gasteiger charge is -2.13. The van der Waals surface area contributed by atoms with Crippen molar-refractivity contribution in [1.29, 1.82) is 0 Å². The molecular formula is C14H12ClNO2S. The fraction of sp³-hybridized carbons (Fsp3) is 0.0714. The highest BCUT2D eigenvalue weighted by Crippen LogP contribution is 2.39. The summed E-state index contributed by atoms with van der Waals surface area (Å²) in [6, 6.07) is 14.1. The molecule has 0 radical (unpaired) electrons. The van der Waals surface area contributed by atoms with E-state index in [0.717, 1.165) is 5.56 Å². The van der Waals surface area contributed by atoms with E-state index in [2.05, 4.69) is 0 Å². The Kier molecular flexibility index (Phi) is 4.35. The predicted octanol–water partition coefficient (Wildman–Crippen LogP) is 3.84. The van der Waals surface area contributed by atoms with Crippen molar-refractivity contribution in [3.63, 3.8) is 0 Å². The first kappa shape index (κ1) is 13.8. The van der Waals surface area contributed by atoms with Crippen molar-refractivity contribution >= 4 is 35.0 Å². The molecule has 2 aromatic rings. The summed E-state index contributed by atoms with van der Waals surface area (Å²) < 4.78 is 0. The summed E-state index contributed by atoms with van der Waals surface area (Å²) in [6.07, 6.45) is 0. The van der Waals surface area contributed by atoms with E-state index in [-0.39, 0.29) is 0 Å². The van der Waals surface area contributed by atoms with Gasteiger partial charge >= 0.3 is 5.97 Å². The van der Waals surface area contributed by atoms with E-state index in [1.807, 2.05) is 18.2 Å². The third kappa shape index (κ3) is 3.43. The van der Waals surface area contributed by atoms with Crippen LogP contribution in [0.1, 0.15) is 10.8 Å². The molecule has 0 aromatic heterocycles. The number of anilines is 1. The molecule has 1 atom stereocenters. The van der Waals surface area contributed by atoms with Gasteiger partial charge in [-0.15, -0.1) is 11.8 Å². The average molecular weight is 294 g/mol. The molecule has 2 rings (SSSR count). The standard InChI is InChI=1S/C14H12ClNO2S/c15-11-7-6-10(16)8-12(11)19-13(14(17)18)9-4-2-1-3-5-9/h1-8,13H,16H2,(H,17,18). The van der Waals surface area contributed by atoms with Gasteiger partial charge in [-0.25, -0.2) is 0 Å². The quantitative estimate of drug-likeness (QED) is 0.664. The van der Waals surface area contributed by atoms with Crippen LogP contribution < -0.4 is 5.73 Å². The average Bonchev–Trinajstić information content (AvgIpc) is 2.40. The van der Waals surface area contributed by atoms with Crippen LogP contribution in [0.4, 0.5) is 5.69 Å². The van der Waals surface area contributed by atoms with Crippen LogP contribution in [0.5, 0.6) is 0 Å². The summed E-state index contributed by atoms with van der Waals surface area (Å²) in [5, 5.41) is 9.15. The Morgan fingerprint density at radius 1 is 1.21 bits per heavy atom. The second-order valence-electron chi connectivity index (χ2n) is 3.94. The van der Waals surface area contributed by atoms with E-state index < -0.39 is 11.2 Å². The number of thioether (sulfide) groups is 1. The summed E-state index contributed by atoms with van der Waals surface area (Å²) in [4.78, 5) is 12.1. The number of benzene rings is 2. The number of carboxylic acids is 1. The normalized spacial score (nSPS) is 12.1. The van der Waals surface area contributed by atoms with E-state index in [1.54, 1.807) is 30.3 Å². The third-order valence-corrected chi connectivity index (χ3v) is 4.27. The Hall–Kier alpha value is -1.65. The number of carbonyl (C=O) groups is 1. The van der Waals surface area contributed by atoms with E-state index in [1.165, 1.54) is 11.8 Å². The molecule has 2 aromatic carbocycles. The minimum atomic E-state index is -0.908. The number of nitrogens with two attached hydrogens (primary N) is 1. The largest absolute Gasteiger partial charge is 0.480 e. The van der Waals surface area contributed by atoms with Gasteiger partial charge in [-0.2, -0.15) is 0 Å². The van der Waals surface area contributed by atoms with Crippen LogP contribution in [-0.4, -0.2) is 11.1 Å². The van der Waals surface area contributed by atoms with Crippen LogP contribution >= 0.6 is 23.4 Å². The van der Waals surface area contributed by atoms with Crippen molar-refractivity contribution in [2.24, 2.45) is 0 Å². The minimum Gasteiger partial charge on any atom is -0.480 e. The second kappa shape index (κ2) is 5.99. The molecule has 5 heteroatoms. The Balaban J connectivity index is 2.32. The number of rotatable bonds is 4. The Morgan fingerprint density at radius 3 is 2.53 bits per heavy atom. The number of hydrogen-bond acceptors (Lipinski definition) is 3. The van der Waals surface area contributed by atoms with E-state index in [9.17, 15) is 9.90 Å². The number of carboxylic acid groups (broad SMARTS) is 1. The lowest BCUT2D eigenvalue weighted by atomic mass is 10.1. The Labute approximate surface area is 120 Å². The van der Waals surface area contributed by atoms with E-state index in [0.29, 0.717) is 15.6 Å². The van der Waals surface area contributed by atoms with Gasteiger partial charge in [0.05, 0.1) is 5.02 Å². The van der Waals surface area contributed by atoms with Gasteiger partial charge in [-0.1, -0.05) is 41.9 Å². The van der Waals surface area contributed by atoms with Crippen molar-refractivity contribution in [3.05, 3.63) is 59.1 Å². The topological polar surface area (TPSA) is 63.3 Å². The van der Waals surface area contributed by atoms with E-state index >= 15 is 0 Å². The highest BCUT2D eigenvalue weighted by molar-refractivity contribution is 8.00. The predicted molar refractivity (Wildman–Crippen MR) is 78.5 cm³/mol. The van der Waals surface area contributed by atoms with Crippen LogP contribution in [0, 0.1) is 0 Å². The van der Waals surface area contributed by atoms with Gasteiger partial charge in [0.15, 0.2) is 0 Å². The molecule has 0 spiro atoms. The lowest BCUT2D eigenvalue weighted by Crippen LogP contribution is -2.07. The van der Waals surface area contributed by atoms with Gasteiger partial charge < -0.3 is 10.8 Å². The van der Waals surface area contributed by atoms with Crippen LogP contribution in [-0.2, 0) is 4.79 Å². The highest BCUT2D eigenvalue weighted by atomic mass is 35.5. The zero-order valence-electron chi connectivity index (χ0n) is 9.92. The number of halogens is 1. The summed E-state index contributed by atoms with van der Waals surface area (Å²) in [6.45, 7) is 0. The van der Waals surface area contributed by atoms with Gasteiger partial charge in [0, 0.05) is 10.6 Å². The van der Waals surface area contributed by atoms with Crippen molar-refractivity contribution < 1.29 is 9.90 Å². The first-order chi connectivity index (χ1) is 9.08. The van der Waals surface area contributed by atoms with Crippen LogP contribution in [0.15, 0.2) is 53.4 Å². The van der Waals surface area contributed by atoms with Gasteiger partial charge in [-0.3, -0.25) is 4.79 Å². The first-order valence-corrected chi connectivity index (χ1v) is 6.83. The van der Waals surface area contributed by atoms with Crippen LogP contribution in [0.2, 0.25) is 5.02 Å². The smallest absolute Gasteiger partial charge is 0.321 e. The molecule has 0 amide bonds. The van der Waals surface area contributed by atoms with Gasteiger partial charge in [0.2, 0.25) is 0 Å². The molecule has 0 bridgehead atoms. The summed E-state index contributed by atoms with van der Waals surface area (Å²) in [5.41, 5.74) is 6.98. The van der Waals surface area contributed by atoms with Crippen molar-refractivity contribution in [1.82, 2.24) is 0 Å². The SMILES string of the molecule is Nc1ccc(Cl)c(SC(C(=O)O)c2ccccc2)c1. The molecule has 1 unspecified atom stereocenters. The summed E-state index contributed by atoms with van der Waals surface area (Å²) >= 11 is 7.24. The summed E-state index contributed by atoms with van der Waals surface area (Å²) in [7, 11) is 0. The van der Waals surface area contributed by atoms with Crippen LogP contribution in [0.25, 0.3) is 0 Å². The number of aliphatic carboxylic acids is 1. The minimum absolute atomic E-state index is 0.501. The third-order valence-electron chi connectivity index (χ3n) is 2.53. The molecule has 0 saturated carbocycles. The van der Waals surface area contributed by atoms with Crippen molar-refractivity contribution in [3.8, 4) is 0 Å². The molecular weight excluding hydrogens is 282 g/mol. The molecule has 3 nitrogen and oxygen atoms in total. The van der Waals surface area contributed by atoms with Gasteiger partial charge in [0.1, 0.15) is 5.25 Å². The highest BCUT2D eigenvalue weighted by Gasteiger charge is 2.22. The number of nitrogen functional groups attached to an aromatic ring is 1. The molecule has 0 aliphatic rings. The molecule has 3 N–H and O–H groups in total. The zero-order valence-corrected chi connectivity index (χ0v) is 11.5. The molecule has 0 heterocycles. The molecule has 0 saturated heterocycles. The first-order valence-electron chi connectivity index (χ1n) is 5.57.